The molecule has 1 aliphatic heterocycles. The highest BCUT2D eigenvalue weighted by molar-refractivity contribution is 7.84. The number of nitrogen functional groups attached to an aromatic ring is 1. The van der Waals surface area contributed by atoms with Gasteiger partial charge in [-0.15, -0.1) is 11.3 Å². The Morgan fingerprint density at radius 2 is 1.69 bits per heavy atom. The van der Waals surface area contributed by atoms with Crippen LogP contribution in [0.5, 0.6) is 0 Å². The number of hydrogen-bond acceptors (Lipinski definition) is 13. The lowest BCUT2D eigenvalue weighted by Gasteiger charge is -2.43. The molecule has 18 heteroatoms. The summed E-state index contributed by atoms with van der Waals surface area (Å²) in [5, 5.41) is 7.50. The number of primary amides is 1. The molecule has 0 radical (unpaired) electrons. The van der Waals surface area contributed by atoms with E-state index in [4.69, 9.17) is 21.0 Å². The second-order valence-corrected chi connectivity index (χ2v) is 12.2. The van der Waals surface area contributed by atoms with Gasteiger partial charge >= 0.3 is 22.4 Å². The van der Waals surface area contributed by atoms with E-state index < -0.39 is 70.3 Å². The maximum atomic E-state index is 13.4. The molecular formula is C27H28N6O10S2. The lowest BCUT2D eigenvalue weighted by molar-refractivity contribution is -0.172. The van der Waals surface area contributed by atoms with Gasteiger partial charge in [-0.2, -0.15) is 8.42 Å². The van der Waals surface area contributed by atoms with Crippen LogP contribution < -0.4 is 16.8 Å². The number of thiazole rings is 1. The third kappa shape index (κ3) is 7.72. The topological polar surface area (TPSA) is 243 Å². The van der Waals surface area contributed by atoms with Crippen molar-refractivity contribution in [1.82, 2.24) is 14.6 Å². The van der Waals surface area contributed by atoms with Crippen molar-refractivity contribution in [2.75, 3.05) is 12.3 Å². The highest BCUT2D eigenvalue weighted by atomic mass is 32.2. The molecule has 0 unspecified atom stereocenters. The van der Waals surface area contributed by atoms with E-state index >= 15 is 0 Å². The van der Waals surface area contributed by atoms with E-state index in [-0.39, 0.29) is 15.1 Å². The minimum Gasteiger partial charge on any atom is -0.450 e. The summed E-state index contributed by atoms with van der Waals surface area (Å²) in [5.74, 6) is -3.18. The maximum absolute atomic E-state index is 13.4. The molecule has 1 aromatic heterocycles. The SMILES string of the molecule is CC(C)(ON=C(C(=O)N[C@H]1C(=O)N(S(=O)(=O)O)[C@H]1COC(N)=O)c1csc(N)n1)C(=O)OC(c1ccccc1)c1ccccc1. The largest absolute Gasteiger partial charge is 0.450 e. The van der Waals surface area contributed by atoms with Crippen LogP contribution in [0.2, 0.25) is 0 Å². The zero-order chi connectivity index (χ0) is 32.9. The highest BCUT2D eigenvalue weighted by Crippen LogP contribution is 2.29. The summed E-state index contributed by atoms with van der Waals surface area (Å²) in [5.41, 5.74) is 9.60. The van der Waals surface area contributed by atoms with E-state index in [2.05, 4.69) is 20.2 Å². The van der Waals surface area contributed by atoms with Gasteiger partial charge in [-0.1, -0.05) is 65.8 Å². The second kappa shape index (κ2) is 13.3. The smallest absolute Gasteiger partial charge is 0.404 e. The normalized spacial score (nSPS) is 16.9. The van der Waals surface area contributed by atoms with Crippen molar-refractivity contribution < 1.29 is 46.5 Å². The molecule has 1 saturated heterocycles. The van der Waals surface area contributed by atoms with E-state index in [1.807, 2.05) is 12.1 Å². The predicted molar refractivity (Wildman–Crippen MR) is 159 cm³/mol. The number of hydrogen-bond donors (Lipinski definition) is 4. The van der Waals surface area contributed by atoms with Crippen LogP contribution in [0.1, 0.15) is 36.8 Å². The second-order valence-electron chi connectivity index (χ2n) is 9.98. The predicted octanol–water partition coefficient (Wildman–Crippen LogP) is 1.15. The summed E-state index contributed by atoms with van der Waals surface area (Å²) in [7, 11) is -5.07. The molecule has 238 valence electrons. The van der Waals surface area contributed by atoms with E-state index in [1.165, 1.54) is 19.2 Å². The fourth-order valence-corrected chi connectivity index (χ4v) is 5.55. The van der Waals surface area contributed by atoms with Gasteiger partial charge in [-0.05, 0) is 25.0 Å². The van der Waals surface area contributed by atoms with Gasteiger partial charge in [-0.3, -0.25) is 14.1 Å². The summed E-state index contributed by atoms with van der Waals surface area (Å²) >= 11 is 0.948. The average Bonchev–Trinajstić information content (AvgIpc) is 3.42. The van der Waals surface area contributed by atoms with Crippen molar-refractivity contribution in [3.05, 3.63) is 82.9 Å². The average molecular weight is 661 g/mol. The Bertz CT molecular complexity index is 1670. The van der Waals surface area contributed by atoms with Gasteiger partial charge in [0.25, 0.3) is 11.8 Å². The lowest BCUT2D eigenvalue weighted by atomic mass is 9.99. The molecule has 0 aliphatic carbocycles. The zero-order valence-electron chi connectivity index (χ0n) is 23.7. The number of esters is 1. The number of β-lactam (4-membered cyclic amide) rings is 1. The number of carbonyl (C=O) groups is 4. The van der Waals surface area contributed by atoms with Crippen molar-refractivity contribution in [3.8, 4) is 0 Å². The number of carbonyl (C=O) groups excluding carboxylic acids is 4. The Balaban J connectivity index is 1.57. The van der Waals surface area contributed by atoms with Gasteiger partial charge < -0.3 is 31.1 Å². The standard InChI is InChI=1S/C27H28N6O10S2/c1-27(2,24(36)42-21(15-9-5-3-6-10-15)16-11-7-4-8-12-16)43-32-19(17-14-44-25(28)30-17)22(34)31-20-18(13-41-26(29)37)33(23(20)35)45(38,39)40/h3-12,14,18,20-21H,13H2,1-2H3,(H2,28,30)(H2,29,37)(H,31,34)(H,38,39,40)/t18-,20+/m0/s1. The van der Waals surface area contributed by atoms with Gasteiger partial charge in [0.05, 0.1) is 0 Å². The highest BCUT2D eigenvalue weighted by Gasteiger charge is 2.55. The summed E-state index contributed by atoms with van der Waals surface area (Å²) < 4.78 is 43.2. The molecule has 0 bridgehead atoms. The Morgan fingerprint density at radius 1 is 1.11 bits per heavy atom. The van der Waals surface area contributed by atoms with E-state index in [1.54, 1.807) is 48.5 Å². The number of nitrogens with one attached hydrogen (secondary N) is 1. The number of amides is 3. The molecule has 3 amide bonds. The number of oxime groups is 1. The number of nitrogens with zero attached hydrogens (tertiary/aromatic N) is 3. The summed E-state index contributed by atoms with van der Waals surface area (Å²) in [6.07, 6.45) is -2.10. The van der Waals surface area contributed by atoms with Gasteiger partial charge in [0.2, 0.25) is 5.60 Å². The molecule has 2 heterocycles. The van der Waals surface area contributed by atoms with Crippen LogP contribution >= 0.6 is 11.3 Å². The summed E-state index contributed by atoms with van der Waals surface area (Å²) in [6, 6.07) is 14.8. The Morgan fingerprint density at radius 3 is 2.18 bits per heavy atom. The molecule has 6 N–H and O–H groups in total. The van der Waals surface area contributed by atoms with Crippen molar-refractivity contribution in [2.24, 2.45) is 10.9 Å². The van der Waals surface area contributed by atoms with Crippen molar-refractivity contribution in [1.29, 1.82) is 0 Å². The van der Waals surface area contributed by atoms with Gasteiger partial charge in [0.1, 0.15) is 24.4 Å². The number of anilines is 1. The first-order valence-electron chi connectivity index (χ1n) is 13.0. The Labute approximate surface area is 260 Å². The monoisotopic (exact) mass is 660 g/mol. The third-order valence-electron chi connectivity index (χ3n) is 6.37. The molecule has 45 heavy (non-hydrogen) atoms. The van der Waals surface area contributed by atoms with Gasteiger partial charge in [0, 0.05) is 5.38 Å². The van der Waals surface area contributed by atoms with Crippen LogP contribution in [0.25, 0.3) is 0 Å². The van der Waals surface area contributed by atoms with Gasteiger partial charge in [0.15, 0.2) is 16.9 Å². The van der Waals surface area contributed by atoms with Crippen LogP contribution in [-0.2, 0) is 39.0 Å². The lowest BCUT2D eigenvalue weighted by Crippen LogP contribution is -2.73. The molecule has 0 spiro atoms. The van der Waals surface area contributed by atoms with Crippen molar-refractivity contribution >= 4 is 56.4 Å². The number of benzene rings is 2. The fraction of sp³-hybridized carbons (Fsp3) is 0.259. The van der Waals surface area contributed by atoms with Crippen LogP contribution in [0.3, 0.4) is 0 Å². The van der Waals surface area contributed by atoms with Crippen LogP contribution in [0, 0.1) is 0 Å². The van der Waals surface area contributed by atoms with Crippen LogP contribution in [0.15, 0.2) is 71.2 Å². The first-order chi connectivity index (χ1) is 21.2. The van der Waals surface area contributed by atoms with Crippen LogP contribution in [0.4, 0.5) is 9.93 Å². The summed E-state index contributed by atoms with van der Waals surface area (Å²) in [4.78, 5) is 59.9. The van der Waals surface area contributed by atoms with Gasteiger partial charge in [-0.25, -0.2) is 18.9 Å². The number of nitrogens with two attached hydrogens (primary N) is 2. The third-order valence-corrected chi connectivity index (χ3v) is 7.99. The van der Waals surface area contributed by atoms with E-state index in [0.717, 1.165) is 11.3 Å². The van der Waals surface area contributed by atoms with Crippen LogP contribution in [-0.4, -0.2) is 76.1 Å². The number of ether oxygens (including phenoxy) is 2. The van der Waals surface area contributed by atoms with E-state index in [0.29, 0.717) is 11.1 Å². The molecule has 2 atom stereocenters. The number of rotatable bonds is 12. The maximum Gasteiger partial charge on any atom is 0.404 e. The molecule has 0 saturated carbocycles. The van der Waals surface area contributed by atoms with E-state index in [9.17, 15) is 32.1 Å². The Kier molecular flexibility index (Phi) is 9.69. The molecule has 1 aliphatic rings. The minimum atomic E-state index is -5.07. The first kappa shape index (κ1) is 32.8. The van der Waals surface area contributed by atoms with Crippen molar-refractivity contribution in [2.45, 2.75) is 37.6 Å². The quantitative estimate of drug-likeness (QED) is 0.0703. The Hall–Kier alpha value is -5.07. The number of aromatic nitrogens is 1. The fourth-order valence-electron chi connectivity index (χ4n) is 4.13. The molecule has 2 aromatic carbocycles. The molecule has 3 aromatic rings. The minimum absolute atomic E-state index is 0.0179. The molecular weight excluding hydrogens is 632 g/mol. The molecule has 1 fully saturated rings. The van der Waals surface area contributed by atoms with Crippen molar-refractivity contribution in [3.63, 3.8) is 0 Å². The molecule has 16 nitrogen and oxygen atoms in total. The zero-order valence-corrected chi connectivity index (χ0v) is 25.4. The first-order valence-corrected chi connectivity index (χ1v) is 15.3. The molecule has 4 rings (SSSR count). The summed E-state index contributed by atoms with van der Waals surface area (Å²) in [6.45, 7) is 1.93.